The molecule has 0 saturated heterocycles. The van der Waals surface area contributed by atoms with Gasteiger partial charge >= 0.3 is 0 Å². The summed E-state index contributed by atoms with van der Waals surface area (Å²) in [6.07, 6.45) is 5.09. The van der Waals surface area contributed by atoms with E-state index in [-0.39, 0.29) is 11.9 Å². The average molecular weight is 583 g/mol. The highest BCUT2D eigenvalue weighted by atomic mass is 32.2. The van der Waals surface area contributed by atoms with Gasteiger partial charge in [0.05, 0.1) is 50.8 Å². The lowest BCUT2D eigenvalue weighted by Gasteiger charge is -2.26. The zero-order chi connectivity index (χ0) is 29.7. The van der Waals surface area contributed by atoms with Crippen LogP contribution in [0.4, 0.5) is 0 Å². The van der Waals surface area contributed by atoms with E-state index in [0.29, 0.717) is 40.1 Å². The van der Waals surface area contributed by atoms with Crippen LogP contribution in [-0.4, -0.2) is 70.8 Å². The van der Waals surface area contributed by atoms with Gasteiger partial charge in [-0.25, -0.2) is 13.4 Å². The summed E-state index contributed by atoms with van der Waals surface area (Å²) < 4.78 is 52.1. The van der Waals surface area contributed by atoms with Crippen LogP contribution in [0, 0.1) is 6.92 Å². The molecule has 4 rings (SSSR count). The molecular formula is C28H34N6O6S. The first kappa shape index (κ1) is 29.9. The summed E-state index contributed by atoms with van der Waals surface area (Å²) in [6, 6.07) is 7.19. The Balaban J connectivity index is 1.83. The molecule has 0 spiro atoms. The number of pyridine rings is 1. The van der Waals surface area contributed by atoms with Crippen molar-refractivity contribution in [1.29, 1.82) is 0 Å². The van der Waals surface area contributed by atoms with E-state index in [0.717, 1.165) is 5.56 Å². The van der Waals surface area contributed by atoms with E-state index in [2.05, 4.69) is 25.1 Å². The lowest BCUT2D eigenvalue weighted by molar-refractivity contribution is 0.00378. The zero-order valence-electron chi connectivity index (χ0n) is 24.1. The molecule has 0 aliphatic carbocycles. The summed E-state index contributed by atoms with van der Waals surface area (Å²) >= 11 is 0. The molecule has 13 heteroatoms. The molecule has 12 nitrogen and oxygen atoms in total. The molecule has 4 aromatic rings. The molecular weight excluding hydrogens is 548 g/mol. The topological polar surface area (TPSA) is 140 Å². The van der Waals surface area contributed by atoms with E-state index < -0.39 is 26.9 Å². The normalized spacial score (nSPS) is 13.2. The number of rotatable bonds is 12. The number of sulfone groups is 1. The Kier molecular flexibility index (Phi) is 9.18. The van der Waals surface area contributed by atoms with Crippen LogP contribution in [-0.2, 0) is 20.3 Å². The first-order chi connectivity index (χ1) is 19.6. The van der Waals surface area contributed by atoms with E-state index in [4.69, 9.17) is 18.9 Å². The van der Waals surface area contributed by atoms with Crippen LogP contribution < -0.4 is 14.2 Å². The molecule has 0 aliphatic rings. The monoisotopic (exact) mass is 582 g/mol. The molecule has 0 unspecified atom stereocenters. The summed E-state index contributed by atoms with van der Waals surface area (Å²) in [7, 11) is 0.619. The van der Waals surface area contributed by atoms with Gasteiger partial charge in [0.1, 0.15) is 29.0 Å². The number of ether oxygens (including phenoxy) is 4. The fraction of sp³-hybridized carbons (Fsp3) is 0.393. The summed E-state index contributed by atoms with van der Waals surface area (Å²) in [5.41, 5.74) is 2.39. The Bertz CT molecular complexity index is 1570. The molecule has 41 heavy (non-hydrogen) atoms. The van der Waals surface area contributed by atoms with Gasteiger partial charge in [0.25, 0.3) is 0 Å². The van der Waals surface area contributed by atoms with Gasteiger partial charge in [0.15, 0.2) is 21.5 Å². The molecule has 0 radical (unpaired) electrons. The number of hydrogen-bond acceptors (Lipinski definition) is 11. The minimum Gasteiger partial charge on any atom is -0.494 e. The third-order valence-electron chi connectivity index (χ3n) is 6.38. The third-order valence-corrected chi connectivity index (χ3v) is 8.42. The number of nitrogens with zero attached hydrogens (tertiary/aromatic N) is 6. The van der Waals surface area contributed by atoms with Crippen LogP contribution in [0.1, 0.15) is 44.0 Å². The minimum atomic E-state index is -3.91. The van der Waals surface area contributed by atoms with Crippen molar-refractivity contribution in [1.82, 2.24) is 29.7 Å². The van der Waals surface area contributed by atoms with Gasteiger partial charge in [-0.05, 0) is 51.5 Å². The molecule has 0 aliphatic heterocycles. The van der Waals surface area contributed by atoms with E-state index in [9.17, 15) is 8.42 Å². The minimum absolute atomic E-state index is 0.167. The molecule has 0 fully saturated rings. The molecule has 218 valence electrons. The van der Waals surface area contributed by atoms with Gasteiger partial charge in [-0.2, -0.15) is 0 Å². The molecule has 0 amide bonds. The van der Waals surface area contributed by atoms with Crippen molar-refractivity contribution in [3.63, 3.8) is 0 Å². The molecule has 1 aromatic carbocycles. The number of para-hydroxylation sites is 1. The third kappa shape index (κ3) is 6.46. The summed E-state index contributed by atoms with van der Waals surface area (Å²) in [5.74, 6) is 1.31. The van der Waals surface area contributed by atoms with Crippen LogP contribution in [0.5, 0.6) is 17.4 Å². The Morgan fingerprint density at radius 1 is 0.902 bits per heavy atom. The van der Waals surface area contributed by atoms with Crippen molar-refractivity contribution >= 4 is 9.84 Å². The largest absolute Gasteiger partial charge is 0.494 e. The average Bonchev–Trinajstić information content (AvgIpc) is 3.37. The van der Waals surface area contributed by atoms with Crippen molar-refractivity contribution in [3.05, 3.63) is 66.1 Å². The lowest BCUT2D eigenvalue weighted by Crippen LogP contribution is -2.31. The predicted octanol–water partition coefficient (Wildman–Crippen LogP) is 3.92. The highest BCUT2D eigenvalue weighted by molar-refractivity contribution is 7.91. The number of aryl methyl sites for hydroxylation is 1. The summed E-state index contributed by atoms with van der Waals surface area (Å²) in [6.45, 7) is 7.15. The van der Waals surface area contributed by atoms with Crippen LogP contribution in [0.25, 0.3) is 17.1 Å². The first-order valence-corrected chi connectivity index (χ1v) is 14.6. The Labute approximate surface area is 239 Å². The van der Waals surface area contributed by atoms with Crippen LogP contribution in [0.15, 0.2) is 49.1 Å². The van der Waals surface area contributed by atoms with E-state index >= 15 is 0 Å². The van der Waals surface area contributed by atoms with Gasteiger partial charge in [-0.1, -0.05) is 6.07 Å². The van der Waals surface area contributed by atoms with Crippen LogP contribution in [0.3, 0.4) is 0 Å². The molecule has 2 atom stereocenters. The number of aromatic nitrogens is 6. The number of hydrogen-bond donors (Lipinski definition) is 0. The lowest BCUT2D eigenvalue weighted by atomic mass is 10.2. The van der Waals surface area contributed by atoms with Crippen molar-refractivity contribution < 1.29 is 27.4 Å². The molecule has 0 N–H and O–H groups in total. The van der Waals surface area contributed by atoms with Crippen molar-refractivity contribution in [2.24, 2.45) is 0 Å². The maximum Gasteiger partial charge on any atom is 0.231 e. The smallest absolute Gasteiger partial charge is 0.231 e. The second kappa shape index (κ2) is 12.6. The second-order valence-corrected chi connectivity index (χ2v) is 12.0. The number of methoxy groups -OCH3 is 3. The highest BCUT2D eigenvalue weighted by Gasteiger charge is 2.36. The standard InChI is InChI=1S/C28H34N6O6S/c1-17(2)40-27(21-14-31-25(39-7)15-30-21)19(4)41(35,36)16-24-32-33-28(20-11-18(3)12-29-13-20)34(24)26-22(37-5)9-8-10-23(26)38-6/h8-15,17,19,27H,16H2,1-7H3/t19-,27+/m0/s1. The van der Waals surface area contributed by atoms with Gasteiger partial charge in [-0.3, -0.25) is 14.5 Å². The SMILES string of the molecule is COc1cnc([C@H](OC(C)C)[C@H](C)S(=O)(=O)Cc2nnc(-c3cncc(C)c3)n2-c2c(OC)cccc2OC)cn1. The van der Waals surface area contributed by atoms with Gasteiger partial charge in [-0.15, -0.1) is 10.2 Å². The van der Waals surface area contributed by atoms with Gasteiger partial charge in [0, 0.05) is 18.0 Å². The molecule has 3 heterocycles. The Hall–Kier alpha value is -4.10. The molecule has 3 aromatic heterocycles. The maximum absolute atomic E-state index is 14.0. The summed E-state index contributed by atoms with van der Waals surface area (Å²) in [4.78, 5) is 12.8. The maximum atomic E-state index is 14.0. The summed E-state index contributed by atoms with van der Waals surface area (Å²) in [5, 5.41) is 7.73. The fourth-order valence-electron chi connectivity index (χ4n) is 4.35. The quantitative estimate of drug-likeness (QED) is 0.240. The van der Waals surface area contributed by atoms with Gasteiger partial charge in [0.2, 0.25) is 5.88 Å². The Morgan fingerprint density at radius 2 is 1.61 bits per heavy atom. The van der Waals surface area contributed by atoms with Gasteiger partial charge < -0.3 is 18.9 Å². The predicted molar refractivity (Wildman–Crippen MR) is 152 cm³/mol. The molecule has 0 saturated carbocycles. The van der Waals surface area contributed by atoms with Crippen molar-refractivity contribution in [2.75, 3.05) is 21.3 Å². The number of benzene rings is 1. The van der Waals surface area contributed by atoms with Crippen molar-refractivity contribution in [3.8, 4) is 34.5 Å². The molecule has 0 bridgehead atoms. The van der Waals surface area contributed by atoms with E-state index in [1.54, 1.807) is 42.1 Å². The van der Waals surface area contributed by atoms with Crippen LogP contribution >= 0.6 is 0 Å². The van der Waals surface area contributed by atoms with Crippen molar-refractivity contribution in [2.45, 2.75) is 50.9 Å². The van der Waals surface area contributed by atoms with E-state index in [1.165, 1.54) is 33.7 Å². The first-order valence-electron chi connectivity index (χ1n) is 12.9. The fourth-order valence-corrected chi connectivity index (χ4v) is 5.74. The highest BCUT2D eigenvalue weighted by Crippen LogP contribution is 2.37. The van der Waals surface area contributed by atoms with Crippen LogP contribution in [0.2, 0.25) is 0 Å². The van der Waals surface area contributed by atoms with E-state index in [1.807, 2.05) is 26.8 Å². The second-order valence-electron chi connectivity index (χ2n) is 9.64. The zero-order valence-corrected chi connectivity index (χ0v) is 24.9. The Morgan fingerprint density at radius 3 is 2.17 bits per heavy atom.